The molecular formula is C15H28N2O. The first-order valence-electron chi connectivity index (χ1n) is 7.92. The van der Waals surface area contributed by atoms with Crippen molar-refractivity contribution in [3.05, 3.63) is 0 Å². The third-order valence-corrected chi connectivity index (χ3v) is 5.10. The molecular weight excluding hydrogens is 224 g/mol. The van der Waals surface area contributed by atoms with E-state index in [9.17, 15) is 0 Å². The number of nitrogens with zero attached hydrogens (tertiary/aromatic N) is 1. The van der Waals surface area contributed by atoms with Crippen LogP contribution in [0.15, 0.2) is 0 Å². The fraction of sp³-hybridized carbons (Fsp3) is 1.00. The van der Waals surface area contributed by atoms with Crippen LogP contribution in [0.1, 0.15) is 46.0 Å². The maximum absolute atomic E-state index is 5.71. The van der Waals surface area contributed by atoms with Crippen LogP contribution in [0.2, 0.25) is 0 Å². The lowest BCUT2D eigenvalue weighted by Crippen LogP contribution is -2.63. The van der Waals surface area contributed by atoms with Crippen LogP contribution in [0.25, 0.3) is 0 Å². The average molecular weight is 252 g/mol. The zero-order valence-corrected chi connectivity index (χ0v) is 11.9. The molecule has 1 N–H and O–H groups in total. The summed E-state index contributed by atoms with van der Waals surface area (Å²) in [5, 5.41) is 3.78. The topological polar surface area (TPSA) is 24.5 Å². The third-order valence-electron chi connectivity index (χ3n) is 5.10. The smallest absolute Gasteiger partial charge is 0.0604 e. The van der Waals surface area contributed by atoms with Gasteiger partial charge in [0.25, 0.3) is 0 Å². The van der Waals surface area contributed by atoms with Gasteiger partial charge in [-0.05, 0) is 44.9 Å². The van der Waals surface area contributed by atoms with Gasteiger partial charge in [-0.25, -0.2) is 0 Å². The van der Waals surface area contributed by atoms with Gasteiger partial charge in [-0.15, -0.1) is 0 Å². The largest absolute Gasteiger partial charge is 0.378 e. The van der Waals surface area contributed by atoms with E-state index in [1.165, 1.54) is 45.2 Å². The Bertz CT molecular complexity index is 274. The van der Waals surface area contributed by atoms with Crippen molar-refractivity contribution in [2.75, 3.05) is 19.7 Å². The van der Waals surface area contributed by atoms with E-state index in [-0.39, 0.29) is 0 Å². The van der Waals surface area contributed by atoms with Crippen LogP contribution in [0.3, 0.4) is 0 Å². The van der Waals surface area contributed by atoms with Crippen LogP contribution in [0.4, 0.5) is 0 Å². The number of hydrogen-bond donors (Lipinski definition) is 1. The SMILES string of the molecule is CCOC1CC(N2CC(C3CC3)NCC2CC)C1. The van der Waals surface area contributed by atoms with Crippen molar-refractivity contribution in [2.45, 2.75) is 70.2 Å². The standard InChI is InChI=1S/C15H28N2O/c1-3-12-9-16-15(11-5-6-11)10-17(12)13-7-14(8-13)18-4-2/h11-16H,3-10H2,1-2H3. The Kier molecular flexibility index (Phi) is 3.92. The predicted octanol–water partition coefficient (Wildman–Crippen LogP) is 2.02. The zero-order chi connectivity index (χ0) is 12.5. The molecule has 104 valence electrons. The zero-order valence-electron chi connectivity index (χ0n) is 11.9. The highest BCUT2D eigenvalue weighted by atomic mass is 16.5. The highest BCUT2D eigenvalue weighted by Crippen LogP contribution is 2.37. The molecule has 0 aromatic carbocycles. The molecule has 3 nitrogen and oxygen atoms in total. The maximum atomic E-state index is 5.71. The van der Waals surface area contributed by atoms with E-state index in [0.717, 1.165) is 30.7 Å². The minimum absolute atomic E-state index is 0.548. The van der Waals surface area contributed by atoms with Gasteiger partial charge in [0.1, 0.15) is 0 Å². The second kappa shape index (κ2) is 5.48. The minimum atomic E-state index is 0.548. The molecule has 18 heavy (non-hydrogen) atoms. The summed E-state index contributed by atoms with van der Waals surface area (Å²) in [5.74, 6) is 0.980. The number of piperazine rings is 1. The molecule has 3 aliphatic rings. The second-order valence-corrected chi connectivity index (χ2v) is 6.31. The lowest BCUT2D eigenvalue weighted by Gasteiger charge is -2.50. The summed E-state index contributed by atoms with van der Waals surface area (Å²) in [6.07, 6.45) is 7.26. The summed E-state index contributed by atoms with van der Waals surface area (Å²) in [5.41, 5.74) is 0. The first kappa shape index (κ1) is 12.9. The molecule has 2 aliphatic carbocycles. The fourth-order valence-corrected chi connectivity index (χ4v) is 3.67. The van der Waals surface area contributed by atoms with Crippen molar-refractivity contribution >= 4 is 0 Å². The molecule has 0 aromatic heterocycles. The molecule has 2 atom stereocenters. The number of nitrogens with one attached hydrogen (secondary N) is 1. The lowest BCUT2D eigenvalue weighted by molar-refractivity contribution is -0.0678. The molecule has 0 radical (unpaired) electrons. The van der Waals surface area contributed by atoms with Crippen LogP contribution in [-0.4, -0.2) is 48.8 Å². The highest BCUT2D eigenvalue weighted by molar-refractivity contribution is 4.99. The highest BCUT2D eigenvalue weighted by Gasteiger charge is 2.42. The van der Waals surface area contributed by atoms with E-state index in [4.69, 9.17) is 4.74 Å². The molecule has 3 fully saturated rings. The van der Waals surface area contributed by atoms with Crippen molar-refractivity contribution < 1.29 is 4.74 Å². The van der Waals surface area contributed by atoms with Gasteiger partial charge in [0.05, 0.1) is 6.10 Å². The first-order chi connectivity index (χ1) is 8.81. The van der Waals surface area contributed by atoms with Gasteiger partial charge in [-0.1, -0.05) is 6.92 Å². The maximum Gasteiger partial charge on any atom is 0.0604 e. The molecule has 3 heteroatoms. The molecule has 0 aromatic rings. The summed E-state index contributed by atoms with van der Waals surface area (Å²) >= 11 is 0. The van der Waals surface area contributed by atoms with Crippen LogP contribution >= 0.6 is 0 Å². The van der Waals surface area contributed by atoms with Crippen molar-refractivity contribution in [3.63, 3.8) is 0 Å². The van der Waals surface area contributed by atoms with Gasteiger partial charge >= 0.3 is 0 Å². The quantitative estimate of drug-likeness (QED) is 0.810. The molecule has 1 aliphatic heterocycles. The third kappa shape index (κ3) is 2.59. The lowest BCUT2D eigenvalue weighted by atomic mass is 9.85. The average Bonchev–Trinajstić information content (AvgIpc) is 3.17. The summed E-state index contributed by atoms with van der Waals surface area (Å²) < 4.78 is 5.71. The van der Waals surface area contributed by atoms with E-state index >= 15 is 0 Å². The molecule has 0 spiro atoms. The first-order valence-corrected chi connectivity index (χ1v) is 7.92. The summed E-state index contributed by atoms with van der Waals surface area (Å²) in [6.45, 7) is 7.80. The van der Waals surface area contributed by atoms with Crippen molar-refractivity contribution in [1.82, 2.24) is 10.2 Å². The Labute approximate surface area is 111 Å². The van der Waals surface area contributed by atoms with Crippen LogP contribution < -0.4 is 5.32 Å². The van der Waals surface area contributed by atoms with E-state index < -0.39 is 0 Å². The Hall–Kier alpha value is -0.120. The van der Waals surface area contributed by atoms with Gasteiger partial charge in [0.15, 0.2) is 0 Å². The monoisotopic (exact) mass is 252 g/mol. The van der Waals surface area contributed by atoms with Gasteiger partial charge in [0, 0.05) is 37.8 Å². The van der Waals surface area contributed by atoms with Gasteiger partial charge in [0.2, 0.25) is 0 Å². The number of ether oxygens (including phenoxy) is 1. The Balaban J connectivity index is 1.54. The molecule has 3 rings (SSSR count). The molecule has 2 unspecified atom stereocenters. The van der Waals surface area contributed by atoms with Gasteiger partial charge in [-0.2, -0.15) is 0 Å². The normalized spacial score (nSPS) is 41.7. The van der Waals surface area contributed by atoms with E-state index in [1.54, 1.807) is 0 Å². The Morgan fingerprint density at radius 1 is 1.22 bits per heavy atom. The molecule has 2 saturated carbocycles. The molecule has 1 heterocycles. The molecule has 0 amide bonds. The van der Waals surface area contributed by atoms with Crippen LogP contribution in [0, 0.1) is 5.92 Å². The van der Waals surface area contributed by atoms with Crippen LogP contribution in [0.5, 0.6) is 0 Å². The van der Waals surface area contributed by atoms with Crippen molar-refractivity contribution in [1.29, 1.82) is 0 Å². The summed E-state index contributed by atoms with van der Waals surface area (Å²) in [6, 6.07) is 2.33. The Morgan fingerprint density at radius 3 is 2.61 bits per heavy atom. The van der Waals surface area contributed by atoms with E-state index in [1.807, 2.05) is 0 Å². The second-order valence-electron chi connectivity index (χ2n) is 6.31. The van der Waals surface area contributed by atoms with E-state index in [0.29, 0.717) is 6.10 Å². The predicted molar refractivity (Wildman–Crippen MR) is 73.7 cm³/mol. The van der Waals surface area contributed by atoms with E-state index in [2.05, 4.69) is 24.1 Å². The fourth-order valence-electron chi connectivity index (χ4n) is 3.67. The molecule has 1 saturated heterocycles. The number of hydrogen-bond acceptors (Lipinski definition) is 3. The Morgan fingerprint density at radius 2 is 2.00 bits per heavy atom. The van der Waals surface area contributed by atoms with Crippen LogP contribution in [-0.2, 0) is 4.74 Å². The van der Waals surface area contributed by atoms with Gasteiger partial charge < -0.3 is 10.1 Å². The van der Waals surface area contributed by atoms with Crippen molar-refractivity contribution in [2.24, 2.45) is 5.92 Å². The summed E-state index contributed by atoms with van der Waals surface area (Å²) in [7, 11) is 0. The summed E-state index contributed by atoms with van der Waals surface area (Å²) in [4.78, 5) is 2.80. The van der Waals surface area contributed by atoms with Gasteiger partial charge in [-0.3, -0.25) is 4.90 Å². The minimum Gasteiger partial charge on any atom is -0.378 e. The number of rotatable bonds is 5. The molecule has 0 bridgehead atoms. The van der Waals surface area contributed by atoms with Crippen molar-refractivity contribution in [3.8, 4) is 0 Å².